The minimum absolute atomic E-state index is 0.674. The summed E-state index contributed by atoms with van der Waals surface area (Å²) < 4.78 is 0. The Bertz CT molecular complexity index is 346. The summed E-state index contributed by atoms with van der Waals surface area (Å²) in [6.45, 7) is 9.17. The van der Waals surface area contributed by atoms with Crippen molar-refractivity contribution in [2.24, 2.45) is 5.73 Å². The zero-order valence-electron chi connectivity index (χ0n) is 13.8. The first kappa shape index (κ1) is 18.0. The Morgan fingerprint density at radius 1 is 1.14 bits per heavy atom. The van der Waals surface area contributed by atoms with E-state index >= 15 is 0 Å². The lowest BCUT2D eigenvalue weighted by molar-refractivity contribution is 0.0796. The molecule has 0 saturated carbocycles. The number of nitrogens with zero attached hydrogens (tertiary/aromatic N) is 3. The molecule has 0 unspecified atom stereocenters. The molecule has 0 aliphatic heterocycles. The van der Waals surface area contributed by atoms with Crippen LogP contribution in [0.25, 0.3) is 0 Å². The second-order valence-corrected chi connectivity index (χ2v) is 5.56. The van der Waals surface area contributed by atoms with Crippen LogP contribution in [0.5, 0.6) is 0 Å². The molecule has 0 bridgehead atoms. The molecule has 1 aromatic heterocycles. The molecule has 0 atom stereocenters. The lowest BCUT2D eigenvalue weighted by atomic mass is 10.2. The van der Waals surface area contributed by atoms with Gasteiger partial charge in [0.15, 0.2) is 0 Å². The highest BCUT2D eigenvalue weighted by Crippen LogP contribution is 2.07. The van der Waals surface area contributed by atoms with E-state index in [1.54, 1.807) is 4.85 Å². The van der Waals surface area contributed by atoms with Crippen molar-refractivity contribution in [2.45, 2.75) is 58.9 Å². The molecule has 5 heteroatoms. The molecule has 2 N–H and O–H groups in total. The predicted molar refractivity (Wildman–Crippen MR) is 87.1 cm³/mol. The van der Waals surface area contributed by atoms with Gasteiger partial charge < -0.3 is 10.6 Å². The summed E-state index contributed by atoms with van der Waals surface area (Å²) in [4.78, 5) is 9.67. The number of aromatic nitrogens is 2. The van der Waals surface area contributed by atoms with Crippen molar-refractivity contribution in [3.05, 3.63) is 18.0 Å². The largest absolute Gasteiger partial charge is 0.397 e. The highest BCUT2D eigenvalue weighted by Gasteiger charge is 2.07. The van der Waals surface area contributed by atoms with Gasteiger partial charge in [-0.25, -0.2) is 0 Å². The number of nitrogens with two attached hydrogens (primary N) is 1. The van der Waals surface area contributed by atoms with Gasteiger partial charge in [0.2, 0.25) is 0 Å². The summed E-state index contributed by atoms with van der Waals surface area (Å²) >= 11 is 0. The summed E-state index contributed by atoms with van der Waals surface area (Å²) in [5.74, 6) is 0. The monoisotopic (exact) mass is 296 g/mol. The molecule has 0 saturated heterocycles. The third-order valence-electron chi connectivity index (χ3n) is 3.50. The first-order valence-corrected chi connectivity index (χ1v) is 8.39. The van der Waals surface area contributed by atoms with Crippen molar-refractivity contribution in [1.82, 2.24) is 14.8 Å². The lowest BCUT2D eigenvalue weighted by Crippen LogP contribution is -2.25. The Morgan fingerprint density at radius 3 is 2.48 bits per heavy atom. The Kier molecular flexibility index (Phi) is 9.91. The lowest BCUT2D eigenvalue weighted by Gasteiger charge is -2.21. The van der Waals surface area contributed by atoms with E-state index in [2.05, 4.69) is 23.8 Å². The molecular formula is C16H32N4O. The fraction of sp³-hybridized carbons (Fsp3) is 0.812. The third kappa shape index (κ3) is 8.07. The van der Waals surface area contributed by atoms with Gasteiger partial charge in [0.05, 0.1) is 12.4 Å². The fourth-order valence-corrected chi connectivity index (χ4v) is 2.19. The van der Waals surface area contributed by atoms with Gasteiger partial charge in [-0.2, -0.15) is 0 Å². The van der Waals surface area contributed by atoms with E-state index in [0.29, 0.717) is 6.61 Å². The molecule has 0 radical (unpaired) electrons. The van der Waals surface area contributed by atoms with Crippen LogP contribution in [-0.4, -0.2) is 41.1 Å². The molecule has 0 aromatic carbocycles. The van der Waals surface area contributed by atoms with Gasteiger partial charge in [-0.15, -0.1) is 9.94 Å². The summed E-state index contributed by atoms with van der Waals surface area (Å²) in [6.07, 6.45) is 10.9. The van der Waals surface area contributed by atoms with Gasteiger partial charge in [-0.1, -0.05) is 26.7 Å². The average Bonchev–Trinajstić information content (AvgIpc) is 2.94. The summed E-state index contributed by atoms with van der Waals surface area (Å²) in [5.41, 5.74) is 6.69. The van der Waals surface area contributed by atoms with Crippen molar-refractivity contribution in [3.8, 4) is 0 Å². The van der Waals surface area contributed by atoms with Gasteiger partial charge in [-0.3, -0.25) is 4.90 Å². The Labute approximate surface area is 129 Å². The maximum atomic E-state index is 5.56. The molecule has 0 amide bonds. The van der Waals surface area contributed by atoms with Crippen LogP contribution in [-0.2, 0) is 6.54 Å². The number of rotatable bonds is 13. The van der Waals surface area contributed by atoms with Crippen LogP contribution in [0.1, 0.15) is 57.9 Å². The maximum Gasteiger partial charge on any atom is 0.117 e. The van der Waals surface area contributed by atoms with E-state index in [9.17, 15) is 0 Å². The van der Waals surface area contributed by atoms with E-state index in [-0.39, 0.29) is 0 Å². The fourth-order valence-electron chi connectivity index (χ4n) is 2.19. The molecule has 1 rings (SSSR count). The normalized spacial score (nSPS) is 11.2. The van der Waals surface area contributed by atoms with Gasteiger partial charge in [-0.05, 0) is 45.3 Å². The van der Waals surface area contributed by atoms with E-state index in [0.717, 1.165) is 25.9 Å². The molecule has 0 fully saturated rings. The third-order valence-corrected chi connectivity index (χ3v) is 3.50. The van der Waals surface area contributed by atoms with Gasteiger partial charge in [0.1, 0.15) is 6.61 Å². The van der Waals surface area contributed by atoms with Crippen molar-refractivity contribution < 1.29 is 4.84 Å². The smallest absolute Gasteiger partial charge is 0.117 e. The van der Waals surface area contributed by atoms with E-state index in [1.807, 2.05) is 12.4 Å². The highest BCUT2D eigenvalue weighted by atomic mass is 16.7. The SMILES string of the molecule is CCCCN(CCCC)Cc1cnn(OCCCCN)c1. The van der Waals surface area contributed by atoms with Gasteiger partial charge in [0.25, 0.3) is 0 Å². The summed E-state index contributed by atoms with van der Waals surface area (Å²) in [7, 11) is 0. The van der Waals surface area contributed by atoms with Gasteiger partial charge in [0, 0.05) is 12.1 Å². The van der Waals surface area contributed by atoms with Crippen LogP contribution >= 0.6 is 0 Å². The van der Waals surface area contributed by atoms with Crippen molar-refractivity contribution in [3.63, 3.8) is 0 Å². The van der Waals surface area contributed by atoms with Crippen molar-refractivity contribution in [1.29, 1.82) is 0 Å². The van der Waals surface area contributed by atoms with Crippen LogP contribution in [0.3, 0.4) is 0 Å². The molecule has 5 nitrogen and oxygen atoms in total. The topological polar surface area (TPSA) is 56.3 Å². The molecule has 0 aliphatic carbocycles. The van der Waals surface area contributed by atoms with Crippen LogP contribution in [0, 0.1) is 0 Å². The number of hydrogen-bond donors (Lipinski definition) is 1. The Balaban J connectivity index is 2.37. The second kappa shape index (κ2) is 11.6. The average molecular weight is 296 g/mol. The quantitative estimate of drug-likeness (QED) is 0.568. The summed E-state index contributed by atoms with van der Waals surface area (Å²) in [5, 5.41) is 4.26. The molecule has 1 aromatic rings. The van der Waals surface area contributed by atoms with E-state index in [4.69, 9.17) is 10.6 Å². The number of hydrogen-bond acceptors (Lipinski definition) is 4. The first-order chi connectivity index (χ1) is 10.3. The number of unbranched alkanes of at least 4 members (excludes halogenated alkanes) is 3. The zero-order valence-corrected chi connectivity index (χ0v) is 13.8. The Morgan fingerprint density at radius 2 is 1.86 bits per heavy atom. The highest BCUT2D eigenvalue weighted by molar-refractivity contribution is 5.02. The minimum Gasteiger partial charge on any atom is -0.397 e. The second-order valence-electron chi connectivity index (χ2n) is 5.56. The van der Waals surface area contributed by atoms with Crippen molar-refractivity contribution in [2.75, 3.05) is 26.2 Å². The van der Waals surface area contributed by atoms with E-state index < -0.39 is 0 Å². The molecule has 0 aliphatic rings. The molecule has 1 heterocycles. The Hall–Kier alpha value is -1.07. The first-order valence-electron chi connectivity index (χ1n) is 8.39. The zero-order chi connectivity index (χ0) is 15.3. The molecular weight excluding hydrogens is 264 g/mol. The molecule has 122 valence electrons. The van der Waals surface area contributed by atoms with Crippen LogP contribution in [0.4, 0.5) is 0 Å². The van der Waals surface area contributed by atoms with Crippen molar-refractivity contribution >= 4 is 0 Å². The standard InChI is InChI=1S/C16H32N4O/c1-3-5-10-19(11-6-4-2)14-16-13-18-20(15-16)21-12-8-7-9-17/h13,15H,3-12,14,17H2,1-2H3. The van der Waals surface area contributed by atoms with Crippen LogP contribution in [0.15, 0.2) is 12.4 Å². The summed E-state index contributed by atoms with van der Waals surface area (Å²) in [6, 6.07) is 0. The molecule has 21 heavy (non-hydrogen) atoms. The predicted octanol–water partition coefficient (Wildman–Crippen LogP) is 2.45. The van der Waals surface area contributed by atoms with Gasteiger partial charge >= 0.3 is 0 Å². The maximum absolute atomic E-state index is 5.56. The van der Waals surface area contributed by atoms with Crippen LogP contribution in [0.2, 0.25) is 0 Å². The van der Waals surface area contributed by atoms with Crippen LogP contribution < -0.4 is 10.6 Å². The van der Waals surface area contributed by atoms with E-state index in [1.165, 1.54) is 44.3 Å². The molecule has 0 spiro atoms. The minimum atomic E-state index is 0.674.